The minimum Gasteiger partial charge on any atom is -0.494 e. The molecule has 19 heavy (non-hydrogen) atoms. The van der Waals surface area contributed by atoms with Crippen LogP contribution in [0.25, 0.3) is 0 Å². The van der Waals surface area contributed by atoms with Crippen molar-refractivity contribution in [1.29, 1.82) is 0 Å². The summed E-state index contributed by atoms with van der Waals surface area (Å²) in [5, 5.41) is 5.92. The second-order valence-electron chi connectivity index (χ2n) is 4.43. The van der Waals surface area contributed by atoms with Gasteiger partial charge in [-0.3, -0.25) is 4.79 Å². The van der Waals surface area contributed by atoms with E-state index in [1.165, 1.54) is 0 Å². The normalized spacial score (nSPS) is 10.0. The molecule has 2 N–H and O–H groups in total. The van der Waals surface area contributed by atoms with Crippen molar-refractivity contribution in [1.82, 2.24) is 5.32 Å². The molecule has 0 spiro atoms. The van der Waals surface area contributed by atoms with E-state index in [-0.39, 0.29) is 5.91 Å². The number of amides is 1. The summed E-state index contributed by atoms with van der Waals surface area (Å²) < 4.78 is 5.62. The molecule has 0 bridgehead atoms. The van der Waals surface area contributed by atoms with Crippen molar-refractivity contribution < 1.29 is 9.53 Å². The van der Waals surface area contributed by atoms with Gasteiger partial charge in [0, 0.05) is 18.3 Å². The smallest absolute Gasteiger partial charge is 0.239 e. The zero-order valence-corrected chi connectivity index (χ0v) is 11.9. The molecule has 0 radical (unpaired) electrons. The quantitative estimate of drug-likeness (QED) is 0.674. The number of anilines is 1. The summed E-state index contributed by atoms with van der Waals surface area (Å²) in [5.41, 5.74) is 0.903. The van der Waals surface area contributed by atoms with Gasteiger partial charge in [-0.2, -0.15) is 0 Å². The van der Waals surface area contributed by atoms with Crippen LogP contribution in [0, 0.1) is 0 Å². The Morgan fingerprint density at radius 1 is 1.26 bits per heavy atom. The van der Waals surface area contributed by atoms with E-state index in [0.29, 0.717) is 6.54 Å². The highest BCUT2D eigenvalue weighted by molar-refractivity contribution is 5.80. The maximum atomic E-state index is 11.5. The zero-order valence-electron chi connectivity index (χ0n) is 11.9. The van der Waals surface area contributed by atoms with E-state index in [0.717, 1.165) is 43.9 Å². The Kier molecular flexibility index (Phi) is 7.47. The van der Waals surface area contributed by atoms with Gasteiger partial charge in [0.05, 0.1) is 13.2 Å². The first-order valence-corrected chi connectivity index (χ1v) is 6.99. The number of carbonyl (C=O) groups is 1. The molecular formula is C15H24N2O2. The first kappa shape index (κ1) is 15.3. The molecule has 106 valence electrons. The van der Waals surface area contributed by atoms with Crippen molar-refractivity contribution in [3.8, 4) is 5.75 Å². The number of hydrogen-bond acceptors (Lipinski definition) is 3. The summed E-state index contributed by atoms with van der Waals surface area (Å²) in [6, 6.07) is 7.70. The lowest BCUT2D eigenvalue weighted by Crippen LogP contribution is -2.30. The second-order valence-corrected chi connectivity index (χ2v) is 4.43. The van der Waals surface area contributed by atoms with E-state index in [1.54, 1.807) is 0 Å². The van der Waals surface area contributed by atoms with Gasteiger partial charge < -0.3 is 15.4 Å². The minimum atomic E-state index is 0.0131. The fourth-order valence-electron chi connectivity index (χ4n) is 1.54. The van der Waals surface area contributed by atoms with Crippen molar-refractivity contribution in [2.75, 3.05) is 25.0 Å². The Hall–Kier alpha value is -1.71. The molecule has 1 aromatic carbocycles. The van der Waals surface area contributed by atoms with Gasteiger partial charge in [-0.1, -0.05) is 26.3 Å². The van der Waals surface area contributed by atoms with Crippen LogP contribution >= 0.6 is 0 Å². The fourth-order valence-corrected chi connectivity index (χ4v) is 1.54. The Balaban J connectivity index is 2.37. The molecule has 0 atom stereocenters. The molecule has 0 aliphatic heterocycles. The van der Waals surface area contributed by atoms with Crippen molar-refractivity contribution >= 4 is 11.6 Å². The summed E-state index contributed by atoms with van der Waals surface area (Å²) >= 11 is 0. The van der Waals surface area contributed by atoms with Gasteiger partial charge in [0.1, 0.15) is 5.75 Å². The molecule has 0 heterocycles. The van der Waals surface area contributed by atoms with Gasteiger partial charge >= 0.3 is 0 Å². The summed E-state index contributed by atoms with van der Waals surface area (Å²) in [6.45, 7) is 5.91. The zero-order chi connectivity index (χ0) is 13.9. The van der Waals surface area contributed by atoms with E-state index in [1.807, 2.05) is 31.2 Å². The van der Waals surface area contributed by atoms with Crippen LogP contribution in [-0.4, -0.2) is 25.6 Å². The molecular weight excluding hydrogens is 240 g/mol. The monoisotopic (exact) mass is 264 g/mol. The van der Waals surface area contributed by atoms with Gasteiger partial charge in [0.15, 0.2) is 0 Å². The Labute approximate surface area is 115 Å². The SMILES string of the molecule is CCCCOc1cccc(NCC(=O)NCCC)c1. The predicted molar refractivity (Wildman–Crippen MR) is 78.6 cm³/mol. The molecule has 0 saturated carbocycles. The highest BCUT2D eigenvalue weighted by Gasteiger charge is 2.01. The number of rotatable bonds is 9. The summed E-state index contributed by atoms with van der Waals surface area (Å²) in [7, 11) is 0. The lowest BCUT2D eigenvalue weighted by atomic mass is 10.3. The van der Waals surface area contributed by atoms with Gasteiger partial charge in [0.2, 0.25) is 5.91 Å². The standard InChI is InChI=1S/C15H24N2O2/c1-3-5-10-19-14-8-6-7-13(11-14)17-12-15(18)16-9-4-2/h6-8,11,17H,3-5,9-10,12H2,1-2H3,(H,16,18). The van der Waals surface area contributed by atoms with E-state index < -0.39 is 0 Å². The topological polar surface area (TPSA) is 50.4 Å². The molecule has 1 rings (SSSR count). The number of nitrogens with one attached hydrogen (secondary N) is 2. The molecule has 4 heteroatoms. The van der Waals surface area contributed by atoms with E-state index in [4.69, 9.17) is 4.74 Å². The first-order valence-electron chi connectivity index (χ1n) is 6.99. The second kappa shape index (κ2) is 9.25. The van der Waals surface area contributed by atoms with E-state index >= 15 is 0 Å². The predicted octanol–water partition coefficient (Wildman–Crippen LogP) is 2.80. The highest BCUT2D eigenvalue weighted by atomic mass is 16.5. The van der Waals surface area contributed by atoms with Crippen LogP contribution < -0.4 is 15.4 Å². The largest absolute Gasteiger partial charge is 0.494 e. The van der Waals surface area contributed by atoms with Crippen molar-refractivity contribution in [2.24, 2.45) is 0 Å². The molecule has 1 amide bonds. The lowest BCUT2D eigenvalue weighted by molar-refractivity contribution is -0.119. The van der Waals surface area contributed by atoms with Gasteiger partial charge in [-0.15, -0.1) is 0 Å². The molecule has 0 unspecified atom stereocenters. The van der Waals surface area contributed by atoms with E-state index in [2.05, 4.69) is 17.6 Å². The first-order chi connectivity index (χ1) is 9.26. The van der Waals surface area contributed by atoms with Crippen LogP contribution in [0.4, 0.5) is 5.69 Å². The molecule has 1 aromatic rings. The Morgan fingerprint density at radius 3 is 2.84 bits per heavy atom. The van der Waals surface area contributed by atoms with Gasteiger partial charge in [-0.25, -0.2) is 0 Å². The third kappa shape index (κ3) is 6.70. The molecule has 0 aromatic heterocycles. The van der Waals surface area contributed by atoms with Crippen LogP contribution in [0.15, 0.2) is 24.3 Å². The molecule has 0 aliphatic carbocycles. The van der Waals surface area contributed by atoms with Gasteiger partial charge in [-0.05, 0) is 25.0 Å². The van der Waals surface area contributed by atoms with Crippen molar-refractivity contribution in [3.63, 3.8) is 0 Å². The summed E-state index contributed by atoms with van der Waals surface area (Å²) in [4.78, 5) is 11.5. The minimum absolute atomic E-state index is 0.0131. The van der Waals surface area contributed by atoms with Crippen molar-refractivity contribution in [2.45, 2.75) is 33.1 Å². The average molecular weight is 264 g/mol. The van der Waals surface area contributed by atoms with Gasteiger partial charge in [0.25, 0.3) is 0 Å². The van der Waals surface area contributed by atoms with E-state index in [9.17, 15) is 4.79 Å². The molecule has 0 fully saturated rings. The number of carbonyl (C=O) groups excluding carboxylic acids is 1. The van der Waals surface area contributed by atoms with Crippen LogP contribution in [-0.2, 0) is 4.79 Å². The fraction of sp³-hybridized carbons (Fsp3) is 0.533. The van der Waals surface area contributed by atoms with Crippen LogP contribution in [0.3, 0.4) is 0 Å². The van der Waals surface area contributed by atoms with Crippen LogP contribution in [0.1, 0.15) is 33.1 Å². The number of hydrogen-bond donors (Lipinski definition) is 2. The number of unbranched alkanes of at least 4 members (excludes halogenated alkanes) is 1. The van der Waals surface area contributed by atoms with Crippen LogP contribution in [0.5, 0.6) is 5.75 Å². The third-order valence-corrected chi connectivity index (χ3v) is 2.63. The average Bonchev–Trinajstić information content (AvgIpc) is 2.44. The molecule has 0 aliphatic rings. The third-order valence-electron chi connectivity index (χ3n) is 2.63. The summed E-state index contributed by atoms with van der Waals surface area (Å²) in [6.07, 6.45) is 3.12. The molecule has 4 nitrogen and oxygen atoms in total. The number of benzene rings is 1. The highest BCUT2D eigenvalue weighted by Crippen LogP contribution is 2.17. The lowest BCUT2D eigenvalue weighted by Gasteiger charge is -2.09. The number of ether oxygens (including phenoxy) is 1. The van der Waals surface area contributed by atoms with Crippen LogP contribution in [0.2, 0.25) is 0 Å². The Bertz CT molecular complexity index is 380. The Morgan fingerprint density at radius 2 is 2.11 bits per heavy atom. The molecule has 0 saturated heterocycles. The maximum absolute atomic E-state index is 11.5. The summed E-state index contributed by atoms with van der Waals surface area (Å²) in [5.74, 6) is 0.853. The maximum Gasteiger partial charge on any atom is 0.239 e. The van der Waals surface area contributed by atoms with Crippen molar-refractivity contribution in [3.05, 3.63) is 24.3 Å².